The van der Waals surface area contributed by atoms with Crippen LogP contribution in [0, 0.1) is 5.92 Å². The summed E-state index contributed by atoms with van der Waals surface area (Å²) in [4.78, 5) is 8.89. The number of likely N-dealkylation sites (tertiary alicyclic amines) is 1. The molecular formula is C15H27ClIN5. The molecule has 1 saturated heterocycles. The number of hydrogen-bond donors (Lipinski definition) is 1. The summed E-state index contributed by atoms with van der Waals surface area (Å²) in [5.41, 5.74) is 1.17. The van der Waals surface area contributed by atoms with Crippen LogP contribution in [0.4, 0.5) is 0 Å². The number of nitrogens with zero attached hydrogens (tertiary/aromatic N) is 4. The summed E-state index contributed by atoms with van der Waals surface area (Å²) in [6.07, 6.45) is 3.19. The van der Waals surface area contributed by atoms with Gasteiger partial charge in [-0.05, 0) is 32.0 Å². The molecule has 1 N–H and O–H groups in total. The number of hydrogen-bond acceptors (Lipinski definition) is 2. The molecule has 0 aromatic carbocycles. The zero-order chi connectivity index (χ0) is 15.4. The minimum absolute atomic E-state index is 0. The van der Waals surface area contributed by atoms with Crippen molar-refractivity contribution < 1.29 is 0 Å². The van der Waals surface area contributed by atoms with Crippen LogP contribution < -0.4 is 5.32 Å². The first-order valence-corrected chi connectivity index (χ1v) is 7.78. The lowest BCUT2D eigenvalue weighted by Gasteiger charge is -2.23. The van der Waals surface area contributed by atoms with Crippen molar-refractivity contribution >= 4 is 41.5 Å². The highest BCUT2D eigenvalue weighted by Crippen LogP contribution is 2.15. The third kappa shape index (κ3) is 5.31. The average Bonchev–Trinajstić information content (AvgIpc) is 2.96. The molecule has 0 saturated carbocycles. The third-order valence-corrected chi connectivity index (χ3v) is 4.29. The summed E-state index contributed by atoms with van der Waals surface area (Å²) < 4.78 is 2.05. The van der Waals surface area contributed by atoms with E-state index in [4.69, 9.17) is 11.6 Å². The topological polar surface area (TPSA) is 35.8 Å². The van der Waals surface area contributed by atoms with Gasteiger partial charge in [0, 0.05) is 46.1 Å². The number of nitrogens with one attached hydrogen (secondary N) is 1. The van der Waals surface area contributed by atoms with Gasteiger partial charge in [-0.1, -0.05) is 11.6 Å². The molecule has 1 aromatic heterocycles. The number of rotatable bonds is 4. The largest absolute Gasteiger partial charge is 0.356 e. The summed E-state index contributed by atoms with van der Waals surface area (Å²) in [7, 11) is 8.08. The van der Waals surface area contributed by atoms with Crippen LogP contribution in [0.25, 0.3) is 0 Å². The molecule has 2 heterocycles. The summed E-state index contributed by atoms with van der Waals surface area (Å²) in [5.74, 6) is 1.64. The molecule has 0 radical (unpaired) electrons. The van der Waals surface area contributed by atoms with Gasteiger partial charge in [0.15, 0.2) is 5.96 Å². The number of aromatic nitrogens is 1. The van der Waals surface area contributed by atoms with Crippen molar-refractivity contribution in [3.63, 3.8) is 0 Å². The minimum Gasteiger partial charge on any atom is -0.356 e. The molecular weight excluding hydrogens is 413 g/mol. The highest BCUT2D eigenvalue weighted by Gasteiger charge is 2.20. The molecule has 0 aliphatic carbocycles. The highest BCUT2D eigenvalue weighted by molar-refractivity contribution is 14.0. The van der Waals surface area contributed by atoms with Crippen LogP contribution in [0.3, 0.4) is 0 Å². The zero-order valence-corrected chi connectivity index (χ0v) is 16.9. The second-order valence-corrected chi connectivity index (χ2v) is 6.40. The van der Waals surface area contributed by atoms with Crippen LogP contribution in [-0.2, 0) is 13.6 Å². The second-order valence-electron chi connectivity index (χ2n) is 5.96. The van der Waals surface area contributed by atoms with E-state index in [9.17, 15) is 0 Å². The number of aliphatic imine (C=N–C) groups is 1. The SMILES string of the molecule is CN=C(NCC1CCN(C)C1)N(C)Cc1cc(Cl)cn1C.I. The molecule has 1 atom stereocenters. The van der Waals surface area contributed by atoms with Gasteiger partial charge in [-0.3, -0.25) is 4.99 Å². The Bertz CT molecular complexity index is 502. The molecule has 1 aromatic rings. The lowest BCUT2D eigenvalue weighted by Crippen LogP contribution is -2.41. The monoisotopic (exact) mass is 439 g/mol. The van der Waals surface area contributed by atoms with E-state index in [0.717, 1.165) is 24.1 Å². The molecule has 1 aliphatic heterocycles. The smallest absolute Gasteiger partial charge is 0.193 e. The predicted molar refractivity (Wildman–Crippen MR) is 104 cm³/mol. The first kappa shape index (κ1) is 19.6. The van der Waals surface area contributed by atoms with Crippen LogP contribution in [0.1, 0.15) is 12.1 Å². The van der Waals surface area contributed by atoms with Crippen LogP contribution in [0.2, 0.25) is 5.02 Å². The van der Waals surface area contributed by atoms with Gasteiger partial charge in [0.2, 0.25) is 0 Å². The summed E-state index contributed by atoms with van der Waals surface area (Å²) in [5, 5.41) is 4.26. The molecule has 126 valence electrons. The van der Waals surface area contributed by atoms with Gasteiger partial charge in [-0.2, -0.15) is 0 Å². The molecule has 0 bridgehead atoms. The van der Waals surface area contributed by atoms with Gasteiger partial charge >= 0.3 is 0 Å². The van der Waals surface area contributed by atoms with Crippen molar-refractivity contribution in [2.45, 2.75) is 13.0 Å². The lowest BCUT2D eigenvalue weighted by atomic mass is 10.1. The van der Waals surface area contributed by atoms with E-state index in [1.54, 1.807) is 0 Å². The van der Waals surface area contributed by atoms with Crippen molar-refractivity contribution in [3.05, 3.63) is 23.0 Å². The second kappa shape index (κ2) is 8.98. The summed E-state index contributed by atoms with van der Waals surface area (Å²) >= 11 is 6.03. The zero-order valence-electron chi connectivity index (χ0n) is 13.8. The molecule has 22 heavy (non-hydrogen) atoms. The maximum Gasteiger partial charge on any atom is 0.193 e. The van der Waals surface area contributed by atoms with E-state index in [1.165, 1.54) is 25.2 Å². The number of guanidine groups is 1. The highest BCUT2D eigenvalue weighted by atomic mass is 127. The fourth-order valence-corrected chi connectivity index (χ4v) is 3.13. The first-order valence-electron chi connectivity index (χ1n) is 7.40. The van der Waals surface area contributed by atoms with E-state index in [0.29, 0.717) is 5.92 Å². The van der Waals surface area contributed by atoms with Crippen LogP contribution in [0.15, 0.2) is 17.3 Å². The van der Waals surface area contributed by atoms with E-state index < -0.39 is 0 Å². The molecule has 1 unspecified atom stereocenters. The molecule has 0 amide bonds. The predicted octanol–water partition coefficient (Wildman–Crippen LogP) is 2.26. The van der Waals surface area contributed by atoms with Crippen LogP contribution in [0.5, 0.6) is 0 Å². The van der Waals surface area contributed by atoms with Gasteiger partial charge in [0.25, 0.3) is 0 Å². The Balaban J connectivity index is 0.00000242. The van der Waals surface area contributed by atoms with Crippen molar-refractivity contribution in [3.8, 4) is 0 Å². The Labute approximate surface area is 155 Å². The molecule has 0 spiro atoms. The summed E-state index contributed by atoms with van der Waals surface area (Å²) in [6, 6.07) is 2.00. The first-order chi connectivity index (χ1) is 9.99. The Morgan fingerprint density at radius 3 is 2.73 bits per heavy atom. The van der Waals surface area contributed by atoms with Gasteiger partial charge in [0.1, 0.15) is 0 Å². The molecule has 2 rings (SSSR count). The van der Waals surface area contributed by atoms with E-state index >= 15 is 0 Å². The molecule has 7 heteroatoms. The fourth-order valence-electron chi connectivity index (χ4n) is 2.85. The van der Waals surface area contributed by atoms with Crippen molar-refractivity contribution in [2.24, 2.45) is 18.0 Å². The minimum atomic E-state index is 0. The number of halogens is 2. The Hall–Kier alpha value is -0.470. The van der Waals surface area contributed by atoms with Crippen molar-refractivity contribution in [1.29, 1.82) is 0 Å². The van der Waals surface area contributed by atoms with Crippen molar-refractivity contribution in [1.82, 2.24) is 19.7 Å². The average molecular weight is 440 g/mol. The normalized spacial score (nSPS) is 19.1. The van der Waals surface area contributed by atoms with E-state index in [2.05, 4.69) is 38.8 Å². The van der Waals surface area contributed by atoms with Crippen LogP contribution >= 0.6 is 35.6 Å². The van der Waals surface area contributed by atoms with E-state index in [-0.39, 0.29) is 24.0 Å². The van der Waals surface area contributed by atoms with Gasteiger partial charge in [0.05, 0.1) is 11.6 Å². The molecule has 1 aliphatic rings. The van der Waals surface area contributed by atoms with Gasteiger partial charge in [-0.15, -0.1) is 24.0 Å². The third-order valence-electron chi connectivity index (χ3n) is 4.08. The fraction of sp³-hybridized carbons (Fsp3) is 0.667. The van der Waals surface area contributed by atoms with Crippen molar-refractivity contribution in [2.75, 3.05) is 40.8 Å². The maximum absolute atomic E-state index is 6.03. The lowest BCUT2D eigenvalue weighted by molar-refractivity contribution is 0.390. The Morgan fingerprint density at radius 2 is 2.23 bits per heavy atom. The van der Waals surface area contributed by atoms with E-state index in [1.807, 2.05) is 26.4 Å². The molecule has 5 nitrogen and oxygen atoms in total. The summed E-state index contributed by atoms with van der Waals surface area (Å²) in [6.45, 7) is 4.13. The standard InChI is InChI=1S/C15H26ClN5.HI/c1-17-15(18-8-12-5-6-19(2)9-12)21(4)11-14-7-13(16)10-20(14)3;/h7,10,12H,5-6,8-9,11H2,1-4H3,(H,17,18);1H. The Kier molecular flexibility index (Phi) is 7.99. The van der Waals surface area contributed by atoms with Crippen LogP contribution in [-0.4, -0.2) is 61.1 Å². The number of aryl methyl sites for hydroxylation is 1. The van der Waals surface area contributed by atoms with Gasteiger partial charge in [-0.25, -0.2) is 0 Å². The quantitative estimate of drug-likeness (QED) is 0.444. The van der Waals surface area contributed by atoms with Gasteiger partial charge < -0.3 is 19.7 Å². The Morgan fingerprint density at radius 1 is 1.50 bits per heavy atom. The molecule has 1 fully saturated rings. The maximum atomic E-state index is 6.03.